The summed E-state index contributed by atoms with van der Waals surface area (Å²) in [6, 6.07) is 8.27. The van der Waals surface area contributed by atoms with Crippen LogP contribution in [-0.2, 0) is 11.2 Å². The van der Waals surface area contributed by atoms with Crippen LogP contribution in [0.3, 0.4) is 0 Å². The first-order valence-electron chi connectivity index (χ1n) is 6.20. The molecule has 0 bridgehead atoms. The fourth-order valence-electron chi connectivity index (χ4n) is 1.92. The quantitative estimate of drug-likeness (QED) is 0.859. The van der Waals surface area contributed by atoms with Gasteiger partial charge in [-0.15, -0.1) is 11.8 Å². The smallest absolute Gasteiger partial charge is 0.234 e. The number of alkyl halides is 1. The number of thioether (sulfide) groups is 1. The second-order valence-corrected chi connectivity index (χ2v) is 6.76. The molecule has 4 heteroatoms. The zero-order valence-electron chi connectivity index (χ0n) is 10.7. The number of hydrogen-bond donors (Lipinski definition) is 1. The zero-order valence-corrected chi connectivity index (χ0v) is 13.1. The number of rotatable bonds is 4. The molecule has 1 amide bonds. The summed E-state index contributed by atoms with van der Waals surface area (Å²) in [7, 11) is 0. The van der Waals surface area contributed by atoms with Crippen molar-refractivity contribution in [3.8, 4) is 0 Å². The zero-order chi connectivity index (χ0) is 13.2. The summed E-state index contributed by atoms with van der Waals surface area (Å²) in [6.07, 6.45) is 1.77. The summed E-state index contributed by atoms with van der Waals surface area (Å²) < 4.78 is 0. The molecule has 2 atom stereocenters. The Bertz CT molecular complexity index is 420. The summed E-state index contributed by atoms with van der Waals surface area (Å²) in [6.45, 7) is 4.17. The lowest BCUT2D eigenvalue weighted by molar-refractivity contribution is -0.122. The molecular formula is C14H18BrNOS. The Morgan fingerprint density at radius 3 is 2.89 bits per heavy atom. The van der Waals surface area contributed by atoms with Gasteiger partial charge in [-0.1, -0.05) is 41.1 Å². The molecule has 1 heterocycles. The topological polar surface area (TPSA) is 29.1 Å². The van der Waals surface area contributed by atoms with Crippen LogP contribution in [0.25, 0.3) is 0 Å². The Morgan fingerprint density at radius 2 is 2.28 bits per heavy atom. The van der Waals surface area contributed by atoms with E-state index in [2.05, 4.69) is 47.2 Å². The Labute approximate surface area is 121 Å². The lowest BCUT2D eigenvalue weighted by Gasteiger charge is -2.28. The van der Waals surface area contributed by atoms with Gasteiger partial charge in [0.1, 0.15) is 0 Å². The molecule has 0 aliphatic carbocycles. The number of amides is 1. The van der Waals surface area contributed by atoms with Gasteiger partial charge < -0.3 is 5.32 Å². The van der Waals surface area contributed by atoms with E-state index in [0.717, 1.165) is 18.2 Å². The Balaban J connectivity index is 2.01. The van der Waals surface area contributed by atoms with Crippen LogP contribution >= 0.6 is 27.7 Å². The minimum atomic E-state index is -0.146. The van der Waals surface area contributed by atoms with Crippen molar-refractivity contribution in [3.05, 3.63) is 29.8 Å². The van der Waals surface area contributed by atoms with Gasteiger partial charge in [0.05, 0.1) is 5.25 Å². The minimum absolute atomic E-state index is 0.0207. The molecule has 0 saturated heterocycles. The number of carbonyl (C=O) groups is 1. The molecule has 18 heavy (non-hydrogen) atoms. The predicted octanol–water partition coefficient (Wildman–Crippen LogP) is 3.38. The standard InChI is InChI=1S/C14H18BrNOS/c1-3-14(2,9-15)16-13(17)12-8-10-6-4-5-7-11(10)18-12/h4-7,12H,3,8-9H2,1-2H3,(H,16,17). The van der Waals surface area contributed by atoms with Gasteiger partial charge >= 0.3 is 0 Å². The summed E-state index contributed by atoms with van der Waals surface area (Å²) in [5, 5.41) is 3.97. The van der Waals surface area contributed by atoms with Crippen LogP contribution in [0.15, 0.2) is 29.2 Å². The highest BCUT2D eigenvalue weighted by Crippen LogP contribution is 2.37. The van der Waals surface area contributed by atoms with E-state index in [0.29, 0.717) is 0 Å². The van der Waals surface area contributed by atoms with E-state index >= 15 is 0 Å². The van der Waals surface area contributed by atoms with Crippen molar-refractivity contribution in [2.75, 3.05) is 5.33 Å². The normalized spacial score (nSPS) is 21.2. The molecule has 1 aliphatic rings. The molecule has 1 aromatic carbocycles. The van der Waals surface area contributed by atoms with Crippen molar-refractivity contribution in [1.29, 1.82) is 0 Å². The highest BCUT2D eigenvalue weighted by molar-refractivity contribution is 9.09. The molecule has 0 spiro atoms. The van der Waals surface area contributed by atoms with Gasteiger partial charge in [0.2, 0.25) is 5.91 Å². The van der Waals surface area contributed by atoms with Crippen molar-refractivity contribution in [3.63, 3.8) is 0 Å². The van der Waals surface area contributed by atoms with E-state index in [1.807, 2.05) is 12.1 Å². The summed E-state index contributed by atoms with van der Waals surface area (Å²) in [4.78, 5) is 13.5. The van der Waals surface area contributed by atoms with Gasteiger partial charge in [-0.2, -0.15) is 0 Å². The average Bonchev–Trinajstić information content (AvgIpc) is 2.82. The lowest BCUT2D eigenvalue weighted by Crippen LogP contribution is -2.50. The number of carbonyl (C=O) groups excluding carboxylic acids is 1. The number of hydrogen-bond acceptors (Lipinski definition) is 2. The Morgan fingerprint density at radius 1 is 1.56 bits per heavy atom. The Kier molecular flexibility index (Phi) is 4.38. The SMILES string of the molecule is CCC(C)(CBr)NC(=O)C1Cc2ccccc2S1. The molecule has 1 N–H and O–H groups in total. The van der Waals surface area contributed by atoms with Crippen LogP contribution in [0, 0.1) is 0 Å². The van der Waals surface area contributed by atoms with Crippen molar-refractivity contribution in [2.24, 2.45) is 0 Å². The molecule has 1 aromatic rings. The number of fused-ring (bicyclic) bond motifs is 1. The summed E-state index contributed by atoms with van der Waals surface area (Å²) in [5.74, 6) is 0.153. The summed E-state index contributed by atoms with van der Waals surface area (Å²) >= 11 is 5.15. The average molecular weight is 328 g/mol. The molecule has 2 rings (SSSR count). The van der Waals surface area contributed by atoms with Crippen LogP contribution in [0.1, 0.15) is 25.8 Å². The van der Waals surface area contributed by atoms with Crippen molar-refractivity contribution >= 4 is 33.6 Å². The van der Waals surface area contributed by atoms with Crippen molar-refractivity contribution in [2.45, 2.75) is 42.4 Å². The molecule has 0 fully saturated rings. The van der Waals surface area contributed by atoms with E-state index in [1.54, 1.807) is 11.8 Å². The molecular weight excluding hydrogens is 310 g/mol. The number of benzene rings is 1. The minimum Gasteiger partial charge on any atom is -0.349 e. The highest BCUT2D eigenvalue weighted by atomic mass is 79.9. The van der Waals surface area contributed by atoms with Crippen molar-refractivity contribution in [1.82, 2.24) is 5.32 Å². The molecule has 2 nitrogen and oxygen atoms in total. The fraction of sp³-hybridized carbons (Fsp3) is 0.500. The van der Waals surface area contributed by atoms with Gasteiger partial charge in [0.15, 0.2) is 0 Å². The molecule has 98 valence electrons. The first-order valence-corrected chi connectivity index (χ1v) is 8.20. The molecule has 0 radical (unpaired) electrons. The first kappa shape index (κ1) is 13.9. The van der Waals surface area contributed by atoms with Gasteiger partial charge in [0.25, 0.3) is 0 Å². The van der Waals surface area contributed by atoms with Crippen LogP contribution in [0.5, 0.6) is 0 Å². The monoisotopic (exact) mass is 327 g/mol. The molecule has 0 saturated carbocycles. The second-order valence-electron chi connectivity index (χ2n) is 4.96. The third-order valence-corrected chi connectivity index (χ3v) is 5.99. The van der Waals surface area contributed by atoms with E-state index in [9.17, 15) is 4.79 Å². The number of halogens is 1. The van der Waals surface area contributed by atoms with Gasteiger partial charge in [0, 0.05) is 15.8 Å². The largest absolute Gasteiger partial charge is 0.349 e. The van der Waals surface area contributed by atoms with Crippen molar-refractivity contribution < 1.29 is 4.79 Å². The van der Waals surface area contributed by atoms with Crippen LogP contribution in [0.2, 0.25) is 0 Å². The fourth-order valence-corrected chi connectivity index (χ4v) is 3.65. The third kappa shape index (κ3) is 2.91. The lowest BCUT2D eigenvalue weighted by atomic mass is 10.0. The highest BCUT2D eigenvalue weighted by Gasteiger charge is 2.32. The Hall–Kier alpha value is -0.480. The maximum atomic E-state index is 12.3. The van der Waals surface area contributed by atoms with Crippen LogP contribution in [0.4, 0.5) is 0 Å². The maximum Gasteiger partial charge on any atom is 0.234 e. The van der Waals surface area contributed by atoms with Gasteiger partial charge in [-0.05, 0) is 31.4 Å². The third-order valence-electron chi connectivity index (χ3n) is 3.44. The van der Waals surface area contributed by atoms with Gasteiger partial charge in [-0.3, -0.25) is 4.79 Å². The summed E-state index contributed by atoms with van der Waals surface area (Å²) in [5.41, 5.74) is 1.14. The molecule has 2 unspecified atom stereocenters. The van der Waals surface area contributed by atoms with Gasteiger partial charge in [-0.25, -0.2) is 0 Å². The second kappa shape index (κ2) is 5.66. The van der Waals surface area contributed by atoms with E-state index in [4.69, 9.17) is 0 Å². The van der Waals surface area contributed by atoms with Crippen LogP contribution < -0.4 is 5.32 Å². The predicted molar refractivity (Wildman–Crippen MR) is 80.4 cm³/mol. The molecule has 1 aliphatic heterocycles. The molecule has 0 aromatic heterocycles. The van der Waals surface area contributed by atoms with E-state index < -0.39 is 0 Å². The first-order chi connectivity index (χ1) is 8.58. The van der Waals surface area contributed by atoms with Crippen LogP contribution in [-0.4, -0.2) is 22.0 Å². The van der Waals surface area contributed by atoms with E-state index in [-0.39, 0.29) is 16.7 Å². The maximum absolute atomic E-state index is 12.3. The number of nitrogens with one attached hydrogen (secondary N) is 1. The van der Waals surface area contributed by atoms with E-state index in [1.165, 1.54) is 10.5 Å².